The fourth-order valence-corrected chi connectivity index (χ4v) is 2.21. The lowest BCUT2D eigenvalue weighted by molar-refractivity contribution is -0.132. The quantitative estimate of drug-likeness (QED) is 0.794. The van der Waals surface area contributed by atoms with Gasteiger partial charge in [-0.3, -0.25) is 9.69 Å². The molecule has 0 bridgehead atoms. The molecule has 2 heterocycles. The molecular formula is C12H18N2O3. The first-order valence-electron chi connectivity index (χ1n) is 5.89. The number of aliphatic hydroxyl groups excluding tert-OH is 1. The Hall–Kier alpha value is -1.33. The molecule has 2 unspecified atom stereocenters. The fraction of sp³-hybridized carbons (Fsp3) is 0.583. The number of nitrogens with zero attached hydrogens (tertiary/aromatic N) is 1. The summed E-state index contributed by atoms with van der Waals surface area (Å²) >= 11 is 0. The maximum atomic E-state index is 11.8. The van der Waals surface area contributed by atoms with Gasteiger partial charge in [-0.2, -0.15) is 0 Å². The number of amides is 1. The van der Waals surface area contributed by atoms with E-state index in [2.05, 4.69) is 17.1 Å². The van der Waals surface area contributed by atoms with Crippen molar-refractivity contribution in [3.63, 3.8) is 0 Å². The summed E-state index contributed by atoms with van der Waals surface area (Å²) < 4.78 is 5.31. The predicted octanol–water partition coefficient (Wildman–Crippen LogP) is 0.351. The van der Waals surface area contributed by atoms with Gasteiger partial charge >= 0.3 is 0 Å². The van der Waals surface area contributed by atoms with Crippen molar-refractivity contribution in [1.29, 1.82) is 0 Å². The van der Waals surface area contributed by atoms with Crippen LogP contribution in [0.2, 0.25) is 0 Å². The number of piperazine rings is 1. The summed E-state index contributed by atoms with van der Waals surface area (Å²) in [5.41, 5.74) is 0. The molecule has 1 aromatic heterocycles. The number of carbonyl (C=O) groups is 1. The molecule has 0 spiro atoms. The van der Waals surface area contributed by atoms with Gasteiger partial charge in [-0.25, -0.2) is 0 Å². The Balaban J connectivity index is 2.10. The number of hydrogen-bond donors (Lipinski definition) is 2. The summed E-state index contributed by atoms with van der Waals surface area (Å²) in [5, 5.41) is 11.9. The maximum absolute atomic E-state index is 11.8. The zero-order valence-corrected chi connectivity index (χ0v) is 9.93. The molecule has 0 aromatic carbocycles. The second-order valence-electron chi connectivity index (χ2n) is 4.37. The van der Waals surface area contributed by atoms with Gasteiger partial charge in [-0.1, -0.05) is 0 Å². The second kappa shape index (κ2) is 5.33. The molecule has 0 aliphatic carbocycles. The van der Waals surface area contributed by atoms with Crippen LogP contribution in [0.4, 0.5) is 0 Å². The van der Waals surface area contributed by atoms with E-state index in [1.165, 1.54) is 0 Å². The van der Waals surface area contributed by atoms with E-state index in [0.717, 1.165) is 5.76 Å². The molecule has 2 atom stereocenters. The molecule has 1 fully saturated rings. The van der Waals surface area contributed by atoms with Crippen molar-refractivity contribution in [3.8, 4) is 0 Å². The van der Waals surface area contributed by atoms with Crippen molar-refractivity contribution in [3.05, 3.63) is 24.2 Å². The van der Waals surface area contributed by atoms with Crippen molar-refractivity contribution in [2.75, 3.05) is 13.2 Å². The Morgan fingerprint density at radius 2 is 2.47 bits per heavy atom. The number of nitrogens with one attached hydrogen (secondary N) is 1. The van der Waals surface area contributed by atoms with Crippen molar-refractivity contribution >= 4 is 5.91 Å². The van der Waals surface area contributed by atoms with Gasteiger partial charge in [-0.05, 0) is 25.5 Å². The highest BCUT2D eigenvalue weighted by molar-refractivity contribution is 5.82. The van der Waals surface area contributed by atoms with E-state index in [0.29, 0.717) is 19.5 Å². The smallest absolute Gasteiger partial charge is 0.237 e. The number of carbonyl (C=O) groups excluding carboxylic acids is 1. The first kappa shape index (κ1) is 12.1. The molecule has 2 N–H and O–H groups in total. The number of rotatable bonds is 4. The van der Waals surface area contributed by atoms with Crippen molar-refractivity contribution in [1.82, 2.24) is 10.2 Å². The highest BCUT2D eigenvalue weighted by Gasteiger charge is 2.33. The molecule has 17 heavy (non-hydrogen) atoms. The van der Waals surface area contributed by atoms with E-state index in [1.54, 1.807) is 6.26 Å². The SMILES string of the molecule is CC1CNC(=O)C(CCO)N1Cc1ccco1. The highest BCUT2D eigenvalue weighted by Crippen LogP contribution is 2.18. The van der Waals surface area contributed by atoms with E-state index in [-0.39, 0.29) is 24.6 Å². The normalized spacial score (nSPS) is 25.9. The molecule has 94 valence electrons. The van der Waals surface area contributed by atoms with Crippen LogP contribution in [0.25, 0.3) is 0 Å². The zero-order valence-electron chi connectivity index (χ0n) is 9.93. The molecule has 5 nitrogen and oxygen atoms in total. The fourth-order valence-electron chi connectivity index (χ4n) is 2.21. The number of furan rings is 1. The minimum atomic E-state index is -0.270. The third-order valence-corrected chi connectivity index (χ3v) is 3.16. The predicted molar refractivity (Wildman–Crippen MR) is 62.2 cm³/mol. The zero-order chi connectivity index (χ0) is 12.3. The summed E-state index contributed by atoms with van der Waals surface area (Å²) in [6.07, 6.45) is 2.09. The van der Waals surface area contributed by atoms with Crippen LogP contribution in [0.1, 0.15) is 19.1 Å². The Kier molecular flexibility index (Phi) is 3.81. The van der Waals surface area contributed by atoms with Crippen LogP contribution < -0.4 is 5.32 Å². The molecular weight excluding hydrogens is 220 g/mol. The lowest BCUT2D eigenvalue weighted by atomic mass is 10.0. The van der Waals surface area contributed by atoms with Crippen LogP contribution in [-0.2, 0) is 11.3 Å². The minimum absolute atomic E-state index is 0.0105. The first-order valence-corrected chi connectivity index (χ1v) is 5.89. The van der Waals surface area contributed by atoms with Crippen LogP contribution in [0, 0.1) is 0 Å². The molecule has 5 heteroatoms. The largest absolute Gasteiger partial charge is 0.468 e. The molecule has 1 saturated heterocycles. The van der Waals surface area contributed by atoms with E-state index >= 15 is 0 Å². The van der Waals surface area contributed by atoms with Crippen LogP contribution in [0.15, 0.2) is 22.8 Å². The number of hydrogen-bond acceptors (Lipinski definition) is 4. The Morgan fingerprint density at radius 1 is 1.65 bits per heavy atom. The molecule has 1 aliphatic heterocycles. The summed E-state index contributed by atoms with van der Waals surface area (Å²) in [4.78, 5) is 13.9. The van der Waals surface area contributed by atoms with Gasteiger partial charge in [0.05, 0.1) is 18.8 Å². The molecule has 1 amide bonds. The van der Waals surface area contributed by atoms with E-state index in [9.17, 15) is 4.79 Å². The van der Waals surface area contributed by atoms with Gasteiger partial charge in [0, 0.05) is 19.2 Å². The van der Waals surface area contributed by atoms with Crippen LogP contribution in [0.5, 0.6) is 0 Å². The standard InChI is InChI=1S/C12H18N2O3/c1-9-7-13-12(16)11(4-5-15)14(9)8-10-3-2-6-17-10/h2-3,6,9,11,15H,4-5,7-8H2,1H3,(H,13,16). The maximum Gasteiger partial charge on any atom is 0.237 e. The van der Waals surface area contributed by atoms with Gasteiger partial charge in [0.1, 0.15) is 5.76 Å². The summed E-state index contributed by atoms with van der Waals surface area (Å²) in [6.45, 7) is 3.32. The van der Waals surface area contributed by atoms with Crippen molar-refractivity contribution in [2.24, 2.45) is 0 Å². The minimum Gasteiger partial charge on any atom is -0.468 e. The van der Waals surface area contributed by atoms with Gasteiger partial charge in [-0.15, -0.1) is 0 Å². The Morgan fingerprint density at radius 3 is 3.12 bits per heavy atom. The summed E-state index contributed by atoms with van der Waals surface area (Å²) in [6, 6.07) is 3.71. The monoisotopic (exact) mass is 238 g/mol. The van der Waals surface area contributed by atoms with Gasteiger partial charge in [0.25, 0.3) is 0 Å². The van der Waals surface area contributed by atoms with Crippen molar-refractivity contribution in [2.45, 2.75) is 32.0 Å². The summed E-state index contributed by atoms with van der Waals surface area (Å²) in [7, 11) is 0. The van der Waals surface area contributed by atoms with Gasteiger partial charge in [0.15, 0.2) is 0 Å². The Bertz CT molecular complexity index is 364. The lowest BCUT2D eigenvalue weighted by Crippen LogP contribution is -2.59. The molecule has 1 aromatic rings. The van der Waals surface area contributed by atoms with Crippen LogP contribution in [-0.4, -0.2) is 41.1 Å². The average molecular weight is 238 g/mol. The third kappa shape index (κ3) is 2.68. The second-order valence-corrected chi connectivity index (χ2v) is 4.37. The summed E-state index contributed by atoms with van der Waals surface area (Å²) in [5.74, 6) is 0.832. The van der Waals surface area contributed by atoms with Crippen LogP contribution in [0.3, 0.4) is 0 Å². The van der Waals surface area contributed by atoms with E-state index in [1.807, 2.05) is 12.1 Å². The van der Waals surface area contributed by atoms with Crippen molar-refractivity contribution < 1.29 is 14.3 Å². The average Bonchev–Trinajstić information content (AvgIpc) is 2.81. The lowest BCUT2D eigenvalue weighted by Gasteiger charge is -2.39. The molecule has 1 aliphatic rings. The van der Waals surface area contributed by atoms with Crippen LogP contribution >= 0.6 is 0 Å². The topological polar surface area (TPSA) is 65.7 Å². The third-order valence-electron chi connectivity index (χ3n) is 3.16. The highest BCUT2D eigenvalue weighted by atomic mass is 16.3. The van der Waals surface area contributed by atoms with Gasteiger partial charge < -0.3 is 14.8 Å². The van der Waals surface area contributed by atoms with E-state index in [4.69, 9.17) is 9.52 Å². The number of aliphatic hydroxyl groups is 1. The van der Waals surface area contributed by atoms with Gasteiger partial charge in [0.2, 0.25) is 5.91 Å². The molecule has 0 saturated carbocycles. The van der Waals surface area contributed by atoms with E-state index < -0.39 is 0 Å². The molecule has 0 radical (unpaired) electrons. The first-order chi connectivity index (χ1) is 8.22. The molecule has 2 rings (SSSR count). The Labute approximate surface area is 100 Å².